The van der Waals surface area contributed by atoms with Crippen molar-refractivity contribution in [3.8, 4) is 0 Å². The molecule has 0 aromatic heterocycles. The Hall–Kier alpha value is -2.67. The van der Waals surface area contributed by atoms with Crippen molar-refractivity contribution in [1.29, 1.82) is 0 Å². The molecule has 2 aromatic carbocycles. The van der Waals surface area contributed by atoms with Gasteiger partial charge in [0.1, 0.15) is 10.7 Å². The zero-order valence-electron chi connectivity index (χ0n) is 16.8. The zero-order valence-corrected chi connectivity index (χ0v) is 17.6. The number of nitrogens with zero attached hydrogens (tertiary/aromatic N) is 1. The van der Waals surface area contributed by atoms with Gasteiger partial charge in [0.15, 0.2) is 0 Å². The van der Waals surface area contributed by atoms with Crippen LogP contribution in [0.3, 0.4) is 0 Å². The zero-order chi connectivity index (χ0) is 20.9. The molecule has 6 nitrogen and oxygen atoms in total. The van der Waals surface area contributed by atoms with Crippen molar-refractivity contribution in [2.75, 3.05) is 11.9 Å². The fourth-order valence-corrected chi connectivity index (χ4v) is 4.57. The number of carbonyl (C=O) groups excluding carboxylic acids is 1. The van der Waals surface area contributed by atoms with Crippen molar-refractivity contribution in [2.24, 2.45) is 9.81 Å². The van der Waals surface area contributed by atoms with Gasteiger partial charge in [-0.05, 0) is 36.0 Å². The molecule has 0 aliphatic carbocycles. The first kappa shape index (κ1) is 21.0. The van der Waals surface area contributed by atoms with Crippen molar-refractivity contribution >= 4 is 27.5 Å². The molecule has 0 saturated heterocycles. The largest absolute Gasteiger partial charge is 0.356 e. The van der Waals surface area contributed by atoms with Gasteiger partial charge in [-0.2, -0.15) is 8.42 Å². The van der Waals surface area contributed by atoms with Crippen molar-refractivity contribution in [2.45, 2.75) is 44.4 Å². The van der Waals surface area contributed by atoms with Gasteiger partial charge in [-0.3, -0.25) is 4.79 Å². The third-order valence-electron chi connectivity index (χ3n) is 4.77. The number of para-hydroxylation sites is 1. The molecule has 0 spiro atoms. The summed E-state index contributed by atoms with van der Waals surface area (Å²) in [5, 5.41) is 6.05. The van der Waals surface area contributed by atoms with Crippen LogP contribution in [0.15, 0.2) is 63.9 Å². The third kappa shape index (κ3) is 5.90. The van der Waals surface area contributed by atoms with Gasteiger partial charge < -0.3 is 10.6 Å². The van der Waals surface area contributed by atoms with E-state index in [-0.39, 0.29) is 10.8 Å². The maximum atomic E-state index is 12.4. The monoisotopic (exact) mass is 413 g/mol. The molecule has 0 atom stereocenters. The molecular formula is C22H27N3O3S. The molecule has 3 rings (SSSR count). The third-order valence-corrected chi connectivity index (χ3v) is 6.14. The SMILES string of the molecule is CC(C)(CC(=O)NCCCc1ccccc1)CC1=NS(=O)(=O)c2ccccc2N1. The minimum absolute atomic E-state index is 0.0391. The van der Waals surface area contributed by atoms with E-state index in [0.717, 1.165) is 12.8 Å². The first-order valence-corrected chi connectivity index (χ1v) is 11.2. The predicted molar refractivity (Wildman–Crippen MR) is 115 cm³/mol. The van der Waals surface area contributed by atoms with Crippen LogP contribution < -0.4 is 10.6 Å². The molecule has 2 aromatic rings. The standard InChI is InChI=1S/C22H27N3O3S/c1-22(2,16-21(26)23-14-8-11-17-9-4-3-5-10-17)15-20-24-18-12-6-7-13-19(18)29(27,28)25-20/h3-7,9-10,12-13H,8,11,14-16H2,1-2H3,(H,23,26)(H,24,25). The van der Waals surface area contributed by atoms with Crippen LogP contribution in [0.5, 0.6) is 0 Å². The Morgan fingerprint density at radius 3 is 2.52 bits per heavy atom. The summed E-state index contributed by atoms with van der Waals surface area (Å²) < 4.78 is 28.7. The molecular weight excluding hydrogens is 386 g/mol. The van der Waals surface area contributed by atoms with Crippen molar-refractivity contribution < 1.29 is 13.2 Å². The number of anilines is 1. The lowest BCUT2D eigenvalue weighted by molar-refractivity contribution is -0.122. The summed E-state index contributed by atoms with van der Waals surface area (Å²) in [4.78, 5) is 12.5. The molecule has 2 N–H and O–H groups in total. The minimum Gasteiger partial charge on any atom is -0.356 e. The average Bonchev–Trinajstić information content (AvgIpc) is 2.65. The highest BCUT2D eigenvalue weighted by Gasteiger charge is 2.29. The lowest BCUT2D eigenvalue weighted by atomic mass is 9.84. The number of aryl methyl sites for hydroxylation is 1. The van der Waals surface area contributed by atoms with Crippen molar-refractivity contribution in [3.63, 3.8) is 0 Å². The van der Waals surface area contributed by atoms with Crippen LogP contribution >= 0.6 is 0 Å². The van der Waals surface area contributed by atoms with Crippen LogP contribution in [0.1, 0.15) is 38.7 Å². The smallest absolute Gasteiger partial charge is 0.286 e. The summed E-state index contributed by atoms with van der Waals surface area (Å²) in [7, 11) is -3.71. The van der Waals surface area contributed by atoms with E-state index >= 15 is 0 Å². The lowest BCUT2D eigenvalue weighted by Gasteiger charge is -2.27. The summed E-state index contributed by atoms with van der Waals surface area (Å²) in [6, 6.07) is 16.9. The van der Waals surface area contributed by atoms with E-state index in [0.29, 0.717) is 30.9 Å². The molecule has 1 heterocycles. The Labute approximate surface area is 172 Å². The predicted octanol–water partition coefficient (Wildman–Crippen LogP) is 3.75. The quantitative estimate of drug-likeness (QED) is 0.645. The Morgan fingerprint density at radius 2 is 1.76 bits per heavy atom. The molecule has 154 valence electrons. The van der Waals surface area contributed by atoms with Gasteiger partial charge >= 0.3 is 0 Å². The number of fused-ring (bicyclic) bond motifs is 1. The second kappa shape index (κ2) is 8.78. The van der Waals surface area contributed by atoms with Gasteiger partial charge in [0.25, 0.3) is 10.0 Å². The number of hydrogen-bond acceptors (Lipinski definition) is 4. The number of benzene rings is 2. The summed E-state index contributed by atoms with van der Waals surface area (Å²) in [5.41, 5.74) is 1.35. The van der Waals surface area contributed by atoms with Crippen LogP contribution in [0.4, 0.5) is 5.69 Å². The first-order valence-electron chi connectivity index (χ1n) is 9.76. The summed E-state index contributed by atoms with van der Waals surface area (Å²) in [6.07, 6.45) is 2.45. The van der Waals surface area contributed by atoms with Crippen LogP contribution in [0.2, 0.25) is 0 Å². The molecule has 1 amide bonds. The Balaban J connectivity index is 1.51. The fraction of sp³-hybridized carbons (Fsp3) is 0.364. The fourth-order valence-electron chi connectivity index (χ4n) is 3.42. The number of carbonyl (C=O) groups is 1. The maximum absolute atomic E-state index is 12.4. The normalized spacial score (nSPS) is 15.0. The first-order chi connectivity index (χ1) is 13.8. The Morgan fingerprint density at radius 1 is 1.07 bits per heavy atom. The van der Waals surface area contributed by atoms with E-state index in [1.54, 1.807) is 18.2 Å². The summed E-state index contributed by atoms with van der Waals surface area (Å²) >= 11 is 0. The molecule has 29 heavy (non-hydrogen) atoms. The van der Waals surface area contributed by atoms with E-state index in [4.69, 9.17) is 0 Å². The lowest BCUT2D eigenvalue weighted by Crippen LogP contribution is -2.33. The highest BCUT2D eigenvalue weighted by molar-refractivity contribution is 7.90. The Bertz CT molecular complexity index is 999. The van der Waals surface area contributed by atoms with E-state index in [2.05, 4.69) is 27.2 Å². The topological polar surface area (TPSA) is 87.6 Å². The molecule has 0 radical (unpaired) electrons. The summed E-state index contributed by atoms with van der Waals surface area (Å²) in [6.45, 7) is 4.49. The van der Waals surface area contributed by atoms with E-state index in [1.807, 2.05) is 32.0 Å². The summed E-state index contributed by atoms with van der Waals surface area (Å²) in [5.74, 6) is 0.327. The van der Waals surface area contributed by atoms with Crippen molar-refractivity contribution in [1.82, 2.24) is 5.32 Å². The van der Waals surface area contributed by atoms with Gasteiger partial charge in [0.05, 0.1) is 5.69 Å². The maximum Gasteiger partial charge on any atom is 0.286 e. The number of hydrogen-bond donors (Lipinski definition) is 2. The number of rotatable bonds is 8. The minimum atomic E-state index is -3.71. The van der Waals surface area contributed by atoms with Gasteiger partial charge in [-0.25, -0.2) is 0 Å². The number of sulfonamides is 1. The van der Waals surface area contributed by atoms with Crippen LogP contribution in [-0.2, 0) is 21.2 Å². The molecule has 0 saturated carbocycles. The number of nitrogens with one attached hydrogen (secondary N) is 2. The van der Waals surface area contributed by atoms with Gasteiger partial charge in [0.2, 0.25) is 5.91 Å². The molecule has 0 fully saturated rings. The van der Waals surface area contributed by atoms with Gasteiger partial charge in [0, 0.05) is 19.4 Å². The van der Waals surface area contributed by atoms with E-state index in [1.165, 1.54) is 11.6 Å². The Kier molecular flexibility index (Phi) is 6.37. The van der Waals surface area contributed by atoms with E-state index < -0.39 is 15.4 Å². The highest BCUT2D eigenvalue weighted by atomic mass is 32.2. The number of amidine groups is 1. The molecule has 0 bridgehead atoms. The highest BCUT2D eigenvalue weighted by Crippen LogP contribution is 2.31. The molecule has 1 aliphatic rings. The molecule has 7 heteroatoms. The van der Waals surface area contributed by atoms with Gasteiger partial charge in [-0.1, -0.05) is 56.3 Å². The van der Waals surface area contributed by atoms with Crippen molar-refractivity contribution in [3.05, 3.63) is 60.2 Å². The second-order valence-electron chi connectivity index (χ2n) is 8.09. The molecule has 1 aliphatic heterocycles. The van der Waals surface area contributed by atoms with Gasteiger partial charge in [-0.15, -0.1) is 4.40 Å². The second-order valence-corrected chi connectivity index (χ2v) is 9.66. The number of amides is 1. The molecule has 0 unspecified atom stereocenters. The van der Waals surface area contributed by atoms with E-state index in [9.17, 15) is 13.2 Å². The van der Waals surface area contributed by atoms with Crippen LogP contribution in [0.25, 0.3) is 0 Å². The van der Waals surface area contributed by atoms with Crippen LogP contribution in [0, 0.1) is 5.41 Å². The average molecular weight is 414 g/mol. The van der Waals surface area contributed by atoms with Crippen LogP contribution in [-0.4, -0.2) is 26.7 Å².